The van der Waals surface area contributed by atoms with Crippen molar-refractivity contribution in [2.45, 2.75) is 38.5 Å². The third kappa shape index (κ3) is 36.5. The zero-order chi connectivity index (χ0) is 10.1. The first-order chi connectivity index (χ1) is 6.13. The van der Waals surface area contributed by atoms with Gasteiger partial charge in [-0.2, -0.15) is 0 Å². The van der Waals surface area contributed by atoms with E-state index in [0.29, 0.717) is 0 Å². The summed E-state index contributed by atoms with van der Waals surface area (Å²) in [5, 5.41) is 15.0. The third-order valence-corrected chi connectivity index (χ3v) is 0.882. The van der Waals surface area contributed by atoms with E-state index in [4.69, 9.17) is 10.2 Å². The molecule has 2 N–H and O–H groups in total. The Morgan fingerprint density at radius 3 is 1.00 bits per heavy atom. The van der Waals surface area contributed by atoms with Crippen LogP contribution in [0.2, 0.25) is 0 Å². The van der Waals surface area contributed by atoms with Crippen LogP contribution in [0.25, 0.3) is 0 Å². The maximum Gasteiger partial charge on any atom is 0.516 e. The van der Waals surface area contributed by atoms with Crippen molar-refractivity contribution in [3.8, 4) is 0 Å². The molecule has 0 heterocycles. The second-order valence-corrected chi connectivity index (χ2v) is 2.76. The van der Waals surface area contributed by atoms with E-state index in [0.717, 1.165) is 0 Å². The van der Waals surface area contributed by atoms with E-state index in [1.54, 1.807) is 0 Å². The van der Waals surface area contributed by atoms with Crippen LogP contribution < -0.4 is 0 Å². The predicted molar refractivity (Wildman–Crippen MR) is 44.8 cm³/mol. The van der Waals surface area contributed by atoms with Crippen LogP contribution in [0, 0.1) is 0 Å². The Labute approximate surface area is 76.3 Å². The molecule has 2 aliphatic rings. The van der Waals surface area contributed by atoms with Crippen molar-refractivity contribution < 1.29 is 24.5 Å². The first-order valence-electron chi connectivity index (χ1n) is 4.26. The van der Waals surface area contributed by atoms with Gasteiger partial charge in [0.25, 0.3) is 0 Å². The van der Waals surface area contributed by atoms with Crippen molar-refractivity contribution >= 4 is 12.3 Å². The van der Waals surface area contributed by atoms with Crippen molar-refractivity contribution in [2.24, 2.45) is 0 Å². The summed E-state index contributed by atoms with van der Waals surface area (Å²) < 4.78 is 3.08. The van der Waals surface area contributed by atoms with Crippen molar-refractivity contribution in [1.29, 1.82) is 0 Å². The summed E-state index contributed by atoms with van der Waals surface area (Å²) in [7, 11) is 0. The zero-order valence-corrected chi connectivity index (χ0v) is 7.36. The van der Waals surface area contributed by atoms with E-state index in [9.17, 15) is 9.59 Å². The highest BCUT2D eigenvalue weighted by Crippen LogP contribution is 2.15. The molecule has 76 valence electrons. The van der Waals surface area contributed by atoms with Crippen molar-refractivity contribution in [3.63, 3.8) is 0 Å². The highest BCUT2D eigenvalue weighted by atomic mass is 16.7. The summed E-state index contributed by atoms with van der Waals surface area (Å²) in [6.45, 7) is 0. The molecule has 0 saturated heterocycles. The van der Waals surface area contributed by atoms with Crippen molar-refractivity contribution in [1.82, 2.24) is 0 Å². The Bertz CT molecular complexity index is 138. The summed E-state index contributed by atoms with van der Waals surface area (Å²) in [6, 6.07) is 0. The molecule has 2 rings (SSSR count). The van der Waals surface area contributed by atoms with Crippen LogP contribution in [0.3, 0.4) is 0 Å². The Kier molecular flexibility index (Phi) is 6.68. The minimum absolute atomic E-state index is 1.50. The quantitative estimate of drug-likeness (QED) is 0.453. The Morgan fingerprint density at radius 1 is 0.769 bits per heavy atom. The minimum atomic E-state index is -1.81. The van der Waals surface area contributed by atoms with Gasteiger partial charge in [0.1, 0.15) is 0 Å². The van der Waals surface area contributed by atoms with Gasteiger partial charge in [0.05, 0.1) is 0 Å². The summed E-state index contributed by atoms with van der Waals surface area (Å²) in [5.74, 6) is 0. The normalized spacial score (nSPS) is 15.1. The topological polar surface area (TPSA) is 83.8 Å². The van der Waals surface area contributed by atoms with E-state index < -0.39 is 12.3 Å². The number of carboxylic acid groups (broad SMARTS) is 2. The van der Waals surface area contributed by atoms with Crippen LogP contribution in [-0.4, -0.2) is 22.5 Å². The van der Waals surface area contributed by atoms with Crippen molar-refractivity contribution in [3.05, 3.63) is 0 Å². The van der Waals surface area contributed by atoms with E-state index >= 15 is 0 Å². The lowest BCUT2D eigenvalue weighted by Gasteiger charge is -1.84. The summed E-state index contributed by atoms with van der Waals surface area (Å²) in [6.07, 6.45) is 5.38. The molecule has 0 spiro atoms. The van der Waals surface area contributed by atoms with Gasteiger partial charge in [-0.3, -0.25) is 0 Å². The molecule has 0 aromatic heterocycles. The number of hydrogen-bond acceptors (Lipinski definition) is 3. The van der Waals surface area contributed by atoms with Gasteiger partial charge in [0, 0.05) is 0 Å². The molecule has 13 heavy (non-hydrogen) atoms. The van der Waals surface area contributed by atoms with Gasteiger partial charge < -0.3 is 14.9 Å². The number of rotatable bonds is 0. The predicted octanol–water partition coefficient (Wildman–Crippen LogP) is 2.70. The fourth-order valence-corrected chi connectivity index (χ4v) is 0.0747. The Balaban J connectivity index is 0.000000192. The molecule has 2 fully saturated rings. The summed E-state index contributed by atoms with van der Waals surface area (Å²) >= 11 is 0. The maximum atomic E-state index is 9.21. The molecule has 0 unspecified atom stereocenters. The first kappa shape index (κ1) is 11.7. The summed E-state index contributed by atoms with van der Waals surface area (Å²) in [5.41, 5.74) is 0. The molecular formula is C8H14O5. The third-order valence-electron chi connectivity index (χ3n) is 0.882. The molecule has 5 nitrogen and oxygen atoms in total. The molecule has 2 aliphatic carbocycles. The van der Waals surface area contributed by atoms with Gasteiger partial charge in [-0.1, -0.05) is 38.5 Å². The van der Waals surface area contributed by atoms with Crippen LogP contribution >= 0.6 is 0 Å². The van der Waals surface area contributed by atoms with Gasteiger partial charge >= 0.3 is 12.3 Å². The van der Waals surface area contributed by atoms with E-state index in [-0.39, 0.29) is 0 Å². The number of hydrogen-bond donors (Lipinski definition) is 2. The Hall–Kier alpha value is -1.26. The molecule has 0 aromatic carbocycles. The van der Waals surface area contributed by atoms with Gasteiger partial charge in [-0.25, -0.2) is 9.59 Å². The van der Waals surface area contributed by atoms with Crippen molar-refractivity contribution in [2.75, 3.05) is 0 Å². The van der Waals surface area contributed by atoms with Crippen LogP contribution in [0.5, 0.6) is 0 Å². The van der Waals surface area contributed by atoms with E-state index in [1.807, 2.05) is 0 Å². The molecule has 0 bridgehead atoms. The molecule has 0 radical (unpaired) electrons. The molecule has 2 saturated carbocycles. The highest BCUT2D eigenvalue weighted by Gasteiger charge is 2.01. The van der Waals surface area contributed by atoms with Crippen LogP contribution in [0.15, 0.2) is 0 Å². The van der Waals surface area contributed by atoms with Gasteiger partial charge in [0.2, 0.25) is 0 Å². The van der Waals surface area contributed by atoms with E-state index in [1.165, 1.54) is 38.5 Å². The van der Waals surface area contributed by atoms with Crippen LogP contribution in [0.4, 0.5) is 9.59 Å². The largest absolute Gasteiger partial charge is 0.516 e. The maximum absolute atomic E-state index is 9.21. The SMILES string of the molecule is C1CC1.C1CC1.O=C(O)OC(=O)O. The molecule has 0 atom stereocenters. The average molecular weight is 190 g/mol. The second-order valence-electron chi connectivity index (χ2n) is 2.76. The summed E-state index contributed by atoms with van der Waals surface area (Å²) in [4.78, 5) is 18.4. The average Bonchev–Trinajstić information content (AvgIpc) is 2.83. The minimum Gasteiger partial charge on any atom is -0.449 e. The monoisotopic (exact) mass is 190 g/mol. The lowest BCUT2D eigenvalue weighted by molar-refractivity contribution is 0.0802. The molecule has 0 aliphatic heterocycles. The molecule has 0 amide bonds. The first-order valence-corrected chi connectivity index (χ1v) is 4.26. The lowest BCUT2D eigenvalue weighted by atomic mass is 11.0. The smallest absolute Gasteiger partial charge is 0.449 e. The van der Waals surface area contributed by atoms with Crippen LogP contribution in [-0.2, 0) is 4.74 Å². The zero-order valence-electron chi connectivity index (χ0n) is 7.36. The van der Waals surface area contributed by atoms with Gasteiger partial charge in [-0.05, 0) is 0 Å². The Morgan fingerprint density at radius 2 is 1.00 bits per heavy atom. The fraction of sp³-hybridized carbons (Fsp3) is 0.750. The highest BCUT2D eigenvalue weighted by molar-refractivity contribution is 5.74. The number of ether oxygens (including phenoxy) is 1. The fourth-order valence-electron chi connectivity index (χ4n) is 0.0747. The number of carbonyl (C=O) groups is 2. The molecule has 5 heteroatoms. The van der Waals surface area contributed by atoms with Crippen LogP contribution in [0.1, 0.15) is 38.5 Å². The van der Waals surface area contributed by atoms with Gasteiger partial charge in [-0.15, -0.1) is 0 Å². The molecule has 0 aromatic rings. The lowest BCUT2D eigenvalue weighted by Crippen LogP contribution is -2.05. The molecular weight excluding hydrogens is 176 g/mol. The second kappa shape index (κ2) is 7.39. The standard InChI is InChI=1S/2C3H6.C2H2O5/c2*1-2-3-1;3-1(4)7-2(5)6/h2*1-3H2;(H,3,4)(H,5,6). The van der Waals surface area contributed by atoms with E-state index in [2.05, 4.69) is 4.74 Å². The van der Waals surface area contributed by atoms with Gasteiger partial charge in [0.15, 0.2) is 0 Å².